The van der Waals surface area contributed by atoms with Crippen molar-refractivity contribution in [2.45, 2.75) is 59.3 Å². The van der Waals surface area contributed by atoms with Crippen molar-refractivity contribution >= 4 is 7.82 Å². The van der Waals surface area contributed by atoms with Crippen LogP contribution in [0.1, 0.15) is 59.3 Å². The third kappa shape index (κ3) is 74.3. The lowest BCUT2D eigenvalue weighted by molar-refractivity contribution is 0.145. The molecule has 37 N–H and O–H groups in total. The summed E-state index contributed by atoms with van der Waals surface area (Å²) in [6.45, 7) is 6.98. The summed E-state index contributed by atoms with van der Waals surface area (Å²) in [5.41, 5.74) is 0. The summed E-state index contributed by atoms with van der Waals surface area (Å²) >= 11 is 0. The van der Waals surface area contributed by atoms with E-state index in [1.807, 2.05) is 6.92 Å². The quantitative estimate of drug-likeness (QED) is 0.120. The Morgan fingerprint density at radius 1 is 0.655 bits per heavy atom. The normalized spacial score (nSPS) is 8.86. The average Bonchev–Trinajstić information content (AvgIpc) is 2.23. The van der Waals surface area contributed by atoms with Crippen molar-refractivity contribution in [2.24, 2.45) is 5.92 Å². The van der Waals surface area contributed by atoms with Gasteiger partial charge in [-0.2, -0.15) is 0 Å². The first kappa shape index (κ1) is 89.5. The van der Waals surface area contributed by atoms with Crippen molar-refractivity contribution < 1.29 is 18.5 Å². The van der Waals surface area contributed by atoms with Crippen molar-refractivity contribution in [3.63, 3.8) is 0 Å². The maximum atomic E-state index is 11.3. The highest BCUT2D eigenvalue weighted by Gasteiger charge is 2.19. The second-order valence-electron chi connectivity index (χ2n) is 4.73. The minimum Gasteiger partial charge on any atom is -0.344 e. The molecule has 1 atom stereocenters. The van der Waals surface area contributed by atoms with Gasteiger partial charge in [-0.15, -0.1) is 0 Å². The lowest BCUT2D eigenvalue weighted by Gasteiger charge is -2.11. The van der Waals surface area contributed by atoms with E-state index < -0.39 is 7.82 Å². The van der Waals surface area contributed by atoms with E-state index in [0.717, 1.165) is 38.0 Å². The van der Waals surface area contributed by atoms with E-state index >= 15 is 0 Å². The van der Waals surface area contributed by atoms with E-state index in [9.17, 15) is 9.46 Å². The van der Waals surface area contributed by atoms with Gasteiger partial charge in [-0.3, -0.25) is 9.05 Å². The topological polar surface area (TPSA) is 476 Å². The third-order valence-electron chi connectivity index (χ3n) is 2.43. The van der Waals surface area contributed by atoms with Gasteiger partial charge in [0, 0.05) is 0 Å². The average molecular weight is 471 g/mol. The molecule has 0 saturated carbocycles. The van der Waals surface area contributed by atoms with Crippen LogP contribution in [-0.4, -0.2) is 18.1 Å². The highest BCUT2D eigenvalue weighted by atomic mass is 31.2. The number of hydrogen-bond donors (Lipinski definition) is 13. The smallest absolute Gasteiger partial charge is 0.344 e. The Bertz CT molecular complexity index is 247. The Hall–Kier alpha value is -0.370. The van der Waals surface area contributed by atoms with Gasteiger partial charge in [-0.1, -0.05) is 46.5 Å². The molecular formula is C12H63N12O4P. The molecule has 0 amide bonds. The van der Waals surface area contributed by atoms with Crippen LogP contribution < -0.4 is 73.8 Å². The first-order chi connectivity index (χ1) is 7.98. The van der Waals surface area contributed by atoms with Crippen LogP contribution in [-0.2, 0) is 13.6 Å². The molecule has 0 aromatic heterocycles. The molecule has 29 heavy (non-hydrogen) atoms. The van der Waals surface area contributed by atoms with Gasteiger partial charge in [-0.05, 0) is 18.8 Å². The minimum absolute atomic E-state index is 0. The summed E-state index contributed by atoms with van der Waals surface area (Å²) in [4.78, 5) is 9.30. The van der Waals surface area contributed by atoms with Crippen LogP contribution >= 0.6 is 7.82 Å². The summed E-state index contributed by atoms with van der Waals surface area (Å²) in [7, 11) is -3.79. The van der Waals surface area contributed by atoms with E-state index in [0.29, 0.717) is 6.61 Å². The van der Waals surface area contributed by atoms with Crippen molar-refractivity contribution in [3.05, 3.63) is 0 Å². The third-order valence-corrected chi connectivity index (χ3v) is 3.45. The molecule has 0 aliphatic rings. The van der Waals surface area contributed by atoms with E-state index in [1.54, 1.807) is 0 Å². The van der Waals surface area contributed by atoms with Crippen molar-refractivity contribution in [1.29, 1.82) is 0 Å². The highest BCUT2D eigenvalue weighted by molar-refractivity contribution is 7.47. The molecule has 0 rings (SSSR count). The predicted octanol–water partition coefficient (Wildman–Crippen LogP) is 6.08. The van der Waals surface area contributed by atoms with Gasteiger partial charge in [0.1, 0.15) is 0 Å². The summed E-state index contributed by atoms with van der Waals surface area (Å²) in [5, 5.41) is 0. The molecule has 17 heteroatoms. The predicted molar refractivity (Wildman–Crippen MR) is 130 cm³/mol. The Kier molecular flexibility index (Phi) is 174. The molecule has 16 nitrogen and oxygen atoms in total. The zero-order valence-corrected chi connectivity index (χ0v) is 20.7. The van der Waals surface area contributed by atoms with Crippen molar-refractivity contribution in [2.75, 3.05) is 13.2 Å². The van der Waals surface area contributed by atoms with E-state index in [-0.39, 0.29) is 80.4 Å². The van der Waals surface area contributed by atoms with Crippen LogP contribution in [0.25, 0.3) is 0 Å². The van der Waals surface area contributed by atoms with Gasteiger partial charge >= 0.3 is 7.82 Å². The van der Waals surface area contributed by atoms with E-state index in [2.05, 4.69) is 13.8 Å². The van der Waals surface area contributed by atoms with Gasteiger partial charge < -0.3 is 78.7 Å². The molecule has 0 aliphatic carbocycles. The fourth-order valence-electron chi connectivity index (χ4n) is 1.37. The molecule has 200 valence electrons. The van der Waals surface area contributed by atoms with Gasteiger partial charge in [-0.25, -0.2) is 4.57 Å². The van der Waals surface area contributed by atoms with Crippen LogP contribution in [0.2, 0.25) is 0 Å². The SMILES string of the molecule is CCCCOP(=O)(O)OCCCCCC(C)C.N.N.N.N.N.N.N.N.N.N.N.N. The largest absolute Gasteiger partial charge is 0.472 e. The van der Waals surface area contributed by atoms with Gasteiger partial charge in [0.2, 0.25) is 0 Å². The molecule has 0 aliphatic heterocycles. The summed E-state index contributed by atoms with van der Waals surface area (Å²) in [6.07, 6.45) is 5.91. The molecule has 1 unspecified atom stereocenters. The first-order valence-corrected chi connectivity index (χ1v) is 8.09. The lowest BCUT2D eigenvalue weighted by atomic mass is 10.1. The number of hydrogen-bond acceptors (Lipinski definition) is 15. The Morgan fingerprint density at radius 2 is 1.00 bits per heavy atom. The van der Waals surface area contributed by atoms with Crippen LogP contribution in [0, 0.1) is 5.92 Å². The van der Waals surface area contributed by atoms with E-state index in [4.69, 9.17) is 9.05 Å². The summed E-state index contributed by atoms with van der Waals surface area (Å²) in [5.74, 6) is 0.720. The van der Waals surface area contributed by atoms with Crippen LogP contribution in [0.3, 0.4) is 0 Å². The maximum Gasteiger partial charge on any atom is 0.472 e. The molecular weight excluding hydrogens is 407 g/mol. The number of phosphoric acid groups is 1. The van der Waals surface area contributed by atoms with Crippen molar-refractivity contribution in [3.8, 4) is 0 Å². The monoisotopic (exact) mass is 470 g/mol. The number of rotatable bonds is 11. The summed E-state index contributed by atoms with van der Waals surface area (Å²) in [6, 6.07) is 0. The fraction of sp³-hybridized carbons (Fsp3) is 1.00. The molecule has 0 heterocycles. The zero-order chi connectivity index (χ0) is 13.1. The molecule has 0 radical (unpaired) electrons. The summed E-state index contributed by atoms with van der Waals surface area (Å²) < 4.78 is 21.0. The van der Waals surface area contributed by atoms with Gasteiger partial charge in [0.15, 0.2) is 0 Å². The minimum atomic E-state index is -3.79. The number of unbranched alkanes of at least 4 members (excludes halogenated alkanes) is 3. The van der Waals surface area contributed by atoms with Crippen LogP contribution in [0.4, 0.5) is 0 Å². The Balaban J connectivity index is -0.0000000194. The zero-order valence-electron chi connectivity index (χ0n) is 19.8. The highest BCUT2D eigenvalue weighted by Crippen LogP contribution is 2.43. The van der Waals surface area contributed by atoms with Crippen LogP contribution in [0.15, 0.2) is 0 Å². The van der Waals surface area contributed by atoms with Gasteiger partial charge in [0.25, 0.3) is 0 Å². The Labute approximate surface area is 179 Å². The molecule has 0 saturated heterocycles. The van der Waals surface area contributed by atoms with E-state index in [1.165, 1.54) is 6.42 Å². The molecule has 0 bridgehead atoms. The Morgan fingerprint density at radius 3 is 1.31 bits per heavy atom. The second-order valence-corrected chi connectivity index (χ2v) is 6.19. The molecule has 0 aromatic carbocycles. The molecule has 0 spiro atoms. The standard InChI is InChI=1S/C12H27O4P.12H3N/c1-4-5-10-15-17(13,14)16-11-8-6-7-9-12(2)3;;;;;;;;;;;;/h12H,4-11H2,1-3H3,(H,13,14);12*1H3. The molecule has 0 fully saturated rings. The first-order valence-electron chi connectivity index (χ1n) is 6.60. The molecule has 0 aromatic rings. The second kappa shape index (κ2) is 56.5. The van der Waals surface area contributed by atoms with Crippen molar-refractivity contribution in [1.82, 2.24) is 73.8 Å². The fourth-order valence-corrected chi connectivity index (χ4v) is 2.17. The van der Waals surface area contributed by atoms with Gasteiger partial charge in [0.05, 0.1) is 13.2 Å². The van der Waals surface area contributed by atoms with Crippen LogP contribution in [0.5, 0.6) is 0 Å². The maximum absolute atomic E-state index is 11.3. The lowest BCUT2D eigenvalue weighted by Crippen LogP contribution is -1.99. The number of phosphoric ester groups is 1.